The molecule has 1 fully saturated rings. The highest BCUT2D eigenvalue weighted by Gasteiger charge is 2.26. The van der Waals surface area contributed by atoms with Gasteiger partial charge >= 0.3 is 5.97 Å². The highest BCUT2D eigenvalue weighted by atomic mass is 79.9. The van der Waals surface area contributed by atoms with E-state index >= 15 is 0 Å². The van der Waals surface area contributed by atoms with Gasteiger partial charge in [-0.05, 0) is 42.5 Å². The Bertz CT molecular complexity index is 583. The third-order valence-corrected chi connectivity index (χ3v) is 4.31. The summed E-state index contributed by atoms with van der Waals surface area (Å²) in [7, 11) is 0. The highest BCUT2D eigenvalue weighted by molar-refractivity contribution is 9.10. The second-order valence-corrected chi connectivity index (χ2v) is 6.25. The Morgan fingerprint density at radius 1 is 1.48 bits per heavy atom. The fourth-order valence-corrected chi connectivity index (χ4v) is 3.11. The zero-order valence-electron chi connectivity index (χ0n) is 11.9. The number of aryl methyl sites for hydroxylation is 1. The van der Waals surface area contributed by atoms with Gasteiger partial charge in [-0.3, -0.25) is 9.59 Å². The Morgan fingerprint density at radius 3 is 2.90 bits per heavy atom. The van der Waals surface area contributed by atoms with Gasteiger partial charge in [0.15, 0.2) is 0 Å². The molecule has 1 saturated heterocycles. The minimum atomic E-state index is -0.798. The van der Waals surface area contributed by atoms with Gasteiger partial charge in [-0.15, -0.1) is 0 Å². The summed E-state index contributed by atoms with van der Waals surface area (Å²) in [6.45, 7) is 3.18. The molecule has 0 radical (unpaired) electrons. The molecule has 1 atom stereocenters. The molecule has 1 aliphatic heterocycles. The van der Waals surface area contributed by atoms with Crippen molar-refractivity contribution in [3.8, 4) is 0 Å². The second-order valence-electron chi connectivity index (χ2n) is 5.40. The molecule has 1 N–H and O–H groups in total. The van der Waals surface area contributed by atoms with Crippen LogP contribution in [0.15, 0.2) is 28.7 Å². The quantitative estimate of drug-likeness (QED) is 0.848. The van der Waals surface area contributed by atoms with E-state index in [-0.39, 0.29) is 18.2 Å². The number of hydrogen-bond acceptors (Lipinski definition) is 2. The van der Waals surface area contributed by atoms with E-state index in [1.165, 1.54) is 0 Å². The third-order valence-electron chi connectivity index (χ3n) is 3.62. The van der Waals surface area contributed by atoms with E-state index in [0.29, 0.717) is 13.1 Å². The summed E-state index contributed by atoms with van der Waals surface area (Å²) in [6.07, 6.45) is 4.24. The van der Waals surface area contributed by atoms with Gasteiger partial charge in [-0.1, -0.05) is 28.1 Å². The molecule has 1 amide bonds. The van der Waals surface area contributed by atoms with Crippen LogP contribution < -0.4 is 0 Å². The Morgan fingerprint density at radius 2 is 2.24 bits per heavy atom. The minimum absolute atomic E-state index is 0.0598. The molecular formula is C16H18BrNO3. The molecule has 1 heterocycles. The molecule has 1 aromatic carbocycles. The van der Waals surface area contributed by atoms with Crippen LogP contribution in [0.2, 0.25) is 0 Å². The lowest BCUT2D eigenvalue weighted by Crippen LogP contribution is -2.27. The number of aliphatic carboxylic acids is 1. The standard InChI is InChI=1S/C16H18BrNO3/c1-11-2-3-13(14(17)8-11)4-5-15(19)18-7-6-12(10-18)9-16(20)21/h2-5,8,12H,6-7,9-10H2,1H3,(H,20,21). The van der Waals surface area contributed by atoms with E-state index in [4.69, 9.17) is 5.11 Å². The number of carboxylic acids is 1. The monoisotopic (exact) mass is 351 g/mol. The lowest BCUT2D eigenvalue weighted by Gasteiger charge is -2.13. The lowest BCUT2D eigenvalue weighted by atomic mass is 10.1. The molecule has 5 heteroatoms. The number of nitrogens with zero attached hydrogens (tertiary/aromatic N) is 1. The number of likely N-dealkylation sites (tertiary alicyclic amines) is 1. The maximum atomic E-state index is 12.1. The SMILES string of the molecule is Cc1ccc(C=CC(=O)N2CCC(CC(=O)O)C2)c(Br)c1. The summed E-state index contributed by atoms with van der Waals surface area (Å²) >= 11 is 3.48. The third kappa shape index (κ3) is 4.43. The molecule has 0 saturated carbocycles. The fraction of sp³-hybridized carbons (Fsp3) is 0.375. The molecule has 1 aliphatic rings. The van der Waals surface area contributed by atoms with Crippen LogP contribution in [0.4, 0.5) is 0 Å². The number of benzene rings is 1. The Hall–Kier alpha value is -1.62. The first-order chi connectivity index (χ1) is 9.95. The first-order valence-corrected chi connectivity index (χ1v) is 7.70. The summed E-state index contributed by atoms with van der Waals surface area (Å²) in [5.41, 5.74) is 2.11. The second kappa shape index (κ2) is 6.89. The van der Waals surface area contributed by atoms with E-state index < -0.39 is 5.97 Å². The van der Waals surface area contributed by atoms with E-state index in [1.807, 2.05) is 25.1 Å². The van der Waals surface area contributed by atoms with Crippen molar-refractivity contribution < 1.29 is 14.7 Å². The normalized spacial score (nSPS) is 18.4. The van der Waals surface area contributed by atoms with Crippen LogP contribution in [0.1, 0.15) is 24.0 Å². The predicted molar refractivity (Wildman–Crippen MR) is 84.9 cm³/mol. The van der Waals surface area contributed by atoms with Gasteiger partial charge in [0.05, 0.1) is 0 Å². The van der Waals surface area contributed by atoms with Gasteiger partial charge in [-0.2, -0.15) is 0 Å². The summed E-state index contributed by atoms with van der Waals surface area (Å²) in [5.74, 6) is -0.783. The maximum absolute atomic E-state index is 12.1. The molecule has 112 valence electrons. The van der Waals surface area contributed by atoms with E-state index in [2.05, 4.69) is 15.9 Å². The number of halogens is 1. The van der Waals surface area contributed by atoms with Gasteiger partial charge in [-0.25, -0.2) is 0 Å². The maximum Gasteiger partial charge on any atom is 0.303 e. The summed E-state index contributed by atoms with van der Waals surface area (Å²) in [6, 6.07) is 5.96. The van der Waals surface area contributed by atoms with Gasteiger partial charge < -0.3 is 10.0 Å². The summed E-state index contributed by atoms with van der Waals surface area (Å²) < 4.78 is 0.955. The first-order valence-electron chi connectivity index (χ1n) is 6.90. The predicted octanol–water partition coefficient (Wildman–Crippen LogP) is 3.09. The van der Waals surface area contributed by atoms with Crippen molar-refractivity contribution >= 4 is 33.9 Å². The highest BCUT2D eigenvalue weighted by Crippen LogP contribution is 2.22. The fourth-order valence-electron chi connectivity index (χ4n) is 2.48. The first kappa shape index (κ1) is 15.8. The molecule has 0 bridgehead atoms. The minimum Gasteiger partial charge on any atom is -0.481 e. The van der Waals surface area contributed by atoms with Crippen molar-refractivity contribution in [2.24, 2.45) is 5.92 Å². The van der Waals surface area contributed by atoms with Crippen LogP contribution in [0.5, 0.6) is 0 Å². The van der Waals surface area contributed by atoms with Gasteiger partial charge in [0, 0.05) is 30.1 Å². The molecule has 2 rings (SSSR count). The molecule has 1 unspecified atom stereocenters. The van der Waals surface area contributed by atoms with Crippen LogP contribution in [0.3, 0.4) is 0 Å². The smallest absolute Gasteiger partial charge is 0.303 e. The number of hydrogen-bond donors (Lipinski definition) is 1. The van der Waals surface area contributed by atoms with Crippen LogP contribution >= 0.6 is 15.9 Å². The van der Waals surface area contributed by atoms with E-state index in [1.54, 1.807) is 17.1 Å². The number of amides is 1. The topological polar surface area (TPSA) is 57.6 Å². The zero-order valence-corrected chi connectivity index (χ0v) is 13.5. The Labute approximate surface area is 132 Å². The molecule has 0 spiro atoms. The molecule has 21 heavy (non-hydrogen) atoms. The van der Waals surface area contributed by atoms with Crippen molar-refractivity contribution in [2.75, 3.05) is 13.1 Å². The Balaban J connectivity index is 1.95. The average molecular weight is 352 g/mol. The van der Waals surface area contributed by atoms with Gasteiger partial charge in [0.2, 0.25) is 5.91 Å². The van der Waals surface area contributed by atoms with Crippen molar-refractivity contribution in [3.63, 3.8) is 0 Å². The van der Waals surface area contributed by atoms with Gasteiger partial charge in [0.25, 0.3) is 0 Å². The van der Waals surface area contributed by atoms with Crippen molar-refractivity contribution in [1.29, 1.82) is 0 Å². The largest absolute Gasteiger partial charge is 0.481 e. The molecule has 1 aromatic rings. The van der Waals surface area contributed by atoms with E-state index in [9.17, 15) is 9.59 Å². The van der Waals surface area contributed by atoms with E-state index in [0.717, 1.165) is 22.0 Å². The number of rotatable bonds is 4. The number of carbonyl (C=O) groups is 2. The molecule has 0 aromatic heterocycles. The average Bonchev–Trinajstić information content (AvgIpc) is 2.85. The summed E-state index contributed by atoms with van der Waals surface area (Å²) in [5, 5.41) is 8.78. The molecule has 0 aliphatic carbocycles. The lowest BCUT2D eigenvalue weighted by molar-refractivity contribution is -0.138. The Kier molecular flexibility index (Phi) is 5.17. The van der Waals surface area contributed by atoms with Crippen molar-refractivity contribution in [2.45, 2.75) is 19.8 Å². The number of carboxylic acid groups (broad SMARTS) is 1. The zero-order chi connectivity index (χ0) is 15.4. The number of carbonyl (C=O) groups excluding carboxylic acids is 1. The molecule has 4 nitrogen and oxygen atoms in total. The van der Waals surface area contributed by atoms with Crippen LogP contribution in [-0.4, -0.2) is 35.0 Å². The van der Waals surface area contributed by atoms with Gasteiger partial charge in [0.1, 0.15) is 0 Å². The summed E-state index contributed by atoms with van der Waals surface area (Å²) in [4.78, 5) is 24.5. The van der Waals surface area contributed by atoms with Crippen molar-refractivity contribution in [3.05, 3.63) is 39.9 Å². The van der Waals surface area contributed by atoms with Crippen LogP contribution in [0, 0.1) is 12.8 Å². The molecular weight excluding hydrogens is 334 g/mol. The van der Waals surface area contributed by atoms with Crippen LogP contribution in [-0.2, 0) is 9.59 Å². The van der Waals surface area contributed by atoms with Crippen molar-refractivity contribution in [1.82, 2.24) is 4.90 Å². The van der Waals surface area contributed by atoms with Crippen LogP contribution in [0.25, 0.3) is 6.08 Å².